The van der Waals surface area contributed by atoms with Crippen LogP contribution in [0.1, 0.15) is 101 Å². The molecule has 0 aromatic heterocycles. The van der Waals surface area contributed by atoms with Crippen molar-refractivity contribution in [3.63, 3.8) is 0 Å². The summed E-state index contributed by atoms with van der Waals surface area (Å²) in [6.07, 6.45) is 4.01. The molecule has 0 heterocycles. The number of phenols is 1. The fraction of sp³-hybridized carbons (Fsp3) is 0.533. The Kier molecular flexibility index (Phi) is 8.07. The summed E-state index contributed by atoms with van der Waals surface area (Å²) in [5, 5.41) is 17.2. The van der Waals surface area contributed by atoms with E-state index >= 15 is 0 Å². The van der Waals surface area contributed by atoms with E-state index in [1.165, 1.54) is 0 Å². The molecular formula is C30H42N2O4. The first-order valence-corrected chi connectivity index (χ1v) is 12.9. The zero-order valence-electron chi connectivity index (χ0n) is 22.9. The SMILES string of the molecule is COc1ccc(CNC(=O)C2(NC(=O)c3cc(C(C)(C)C)c(O)c(C(C)(C)C)c3)CCCCC2)cc1. The Hall–Kier alpha value is -3.02. The van der Waals surface area contributed by atoms with Crippen molar-refractivity contribution in [2.24, 2.45) is 0 Å². The van der Waals surface area contributed by atoms with Crippen molar-refractivity contribution in [1.29, 1.82) is 0 Å². The minimum absolute atomic E-state index is 0.155. The van der Waals surface area contributed by atoms with E-state index in [1.54, 1.807) is 19.2 Å². The van der Waals surface area contributed by atoms with Crippen molar-refractivity contribution >= 4 is 11.8 Å². The molecule has 6 nitrogen and oxygen atoms in total. The molecule has 0 bridgehead atoms. The van der Waals surface area contributed by atoms with Crippen LogP contribution in [0.2, 0.25) is 0 Å². The molecule has 6 heteroatoms. The molecule has 2 aromatic rings. The highest BCUT2D eigenvalue weighted by atomic mass is 16.5. The van der Waals surface area contributed by atoms with Crippen LogP contribution in [0, 0.1) is 0 Å². The number of benzene rings is 2. The maximum atomic E-state index is 13.7. The topological polar surface area (TPSA) is 87.7 Å². The highest BCUT2D eigenvalue weighted by Gasteiger charge is 2.41. The smallest absolute Gasteiger partial charge is 0.252 e. The number of aromatic hydroxyl groups is 1. The third-order valence-electron chi connectivity index (χ3n) is 7.09. The lowest BCUT2D eigenvalue weighted by molar-refractivity contribution is -0.128. The van der Waals surface area contributed by atoms with Crippen LogP contribution >= 0.6 is 0 Å². The van der Waals surface area contributed by atoms with Crippen molar-refractivity contribution in [2.45, 2.75) is 96.6 Å². The van der Waals surface area contributed by atoms with Crippen LogP contribution in [0.3, 0.4) is 0 Å². The minimum atomic E-state index is -0.955. The summed E-state index contributed by atoms with van der Waals surface area (Å²) in [6.45, 7) is 12.5. The largest absolute Gasteiger partial charge is 0.507 e. The predicted molar refractivity (Wildman–Crippen MR) is 144 cm³/mol. The van der Waals surface area contributed by atoms with E-state index in [0.717, 1.165) is 41.7 Å². The lowest BCUT2D eigenvalue weighted by atomic mass is 9.78. The molecule has 3 rings (SSSR count). The van der Waals surface area contributed by atoms with Gasteiger partial charge in [-0.2, -0.15) is 0 Å². The molecule has 0 unspecified atom stereocenters. The quantitative estimate of drug-likeness (QED) is 0.477. The van der Waals surface area contributed by atoms with Crippen molar-refractivity contribution < 1.29 is 19.4 Å². The second kappa shape index (κ2) is 10.5. The van der Waals surface area contributed by atoms with Gasteiger partial charge in [-0.25, -0.2) is 0 Å². The summed E-state index contributed by atoms with van der Waals surface area (Å²) in [7, 11) is 1.62. The Morgan fingerprint density at radius 3 is 1.92 bits per heavy atom. The second-order valence-electron chi connectivity index (χ2n) is 12.0. The van der Waals surface area contributed by atoms with Gasteiger partial charge in [0.1, 0.15) is 17.0 Å². The molecule has 36 heavy (non-hydrogen) atoms. The summed E-state index contributed by atoms with van der Waals surface area (Å²) >= 11 is 0. The Balaban J connectivity index is 1.88. The Bertz CT molecular complexity index is 1050. The van der Waals surface area contributed by atoms with Crippen LogP contribution in [0.25, 0.3) is 0 Å². The van der Waals surface area contributed by atoms with Crippen LogP contribution < -0.4 is 15.4 Å². The maximum Gasteiger partial charge on any atom is 0.252 e. The fourth-order valence-electron chi connectivity index (χ4n) is 4.86. The van der Waals surface area contributed by atoms with Gasteiger partial charge in [0.2, 0.25) is 5.91 Å². The molecule has 1 fully saturated rings. The maximum absolute atomic E-state index is 13.7. The van der Waals surface area contributed by atoms with E-state index in [-0.39, 0.29) is 28.4 Å². The van der Waals surface area contributed by atoms with Gasteiger partial charge in [-0.05, 0) is 53.5 Å². The molecule has 1 aliphatic carbocycles. The van der Waals surface area contributed by atoms with Crippen LogP contribution in [0.4, 0.5) is 0 Å². The van der Waals surface area contributed by atoms with Gasteiger partial charge in [0, 0.05) is 23.2 Å². The van der Waals surface area contributed by atoms with E-state index in [1.807, 2.05) is 65.8 Å². The molecule has 2 amide bonds. The number of ether oxygens (including phenoxy) is 1. The minimum Gasteiger partial charge on any atom is -0.507 e. The highest BCUT2D eigenvalue weighted by molar-refractivity contribution is 6.00. The number of nitrogens with one attached hydrogen (secondary N) is 2. The molecule has 2 aromatic carbocycles. The van der Waals surface area contributed by atoms with Gasteiger partial charge in [-0.1, -0.05) is 72.9 Å². The summed E-state index contributed by atoms with van der Waals surface area (Å²) in [4.78, 5) is 27.1. The molecule has 0 atom stereocenters. The standard InChI is InChI=1S/C30H42N2O4/c1-28(2,3)23-17-21(18-24(25(23)33)29(4,5)6)26(34)32-30(15-9-8-10-16-30)27(35)31-19-20-11-13-22(36-7)14-12-20/h11-14,17-18,33H,8-10,15-16,19H2,1-7H3,(H,31,35)(H,32,34). The first-order chi connectivity index (χ1) is 16.8. The van der Waals surface area contributed by atoms with E-state index in [4.69, 9.17) is 4.74 Å². The Morgan fingerprint density at radius 2 is 1.44 bits per heavy atom. The van der Waals surface area contributed by atoms with Gasteiger partial charge in [-0.15, -0.1) is 0 Å². The van der Waals surface area contributed by atoms with Crippen molar-refractivity contribution in [2.75, 3.05) is 7.11 Å². The average molecular weight is 495 g/mol. The van der Waals surface area contributed by atoms with Gasteiger partial charge >= 0.3 is 0 Å². The third-order valence-corrected chi connectivity index (χ3v) is 7.09. The van der Waals surface area contributed by atoms with E-state index in [9.17, 15) is 14.7 Å². The van der Waals surface area contributed by atoms with E-state index < -0.39 is 5.54 Å². The average Bonchev–Trinajstić information content (AvgIpc) is 2.82. The summed E-state index contributed by atoms with van der Waals surface area (Å²) in [6, 6.07) is 11.1. The number of hydrogen-bond donors (Lipinski definition) is 3. The predicted octanol–water partition coefficient (Wildman–Crippen LogP) is 5.74. The van der Waals surface area contributed by atoms with E-state index in [0.29, 0.717) is 24.9 Å². The van der Waals surface area contributed by atoms with Gasteiger partial charge in [0.25, 0.3) is 5.91 Å². The molecule has 1 aliphatic rings. The molecule has 0 radical (unpaired) electrons. The zero-order valence-corrected chi connectivity index (χ0v) is 22.9. The number of phenolic OH excluding ortho intramolecular Hbond substituents is 1. The third kappa shape index (κ3) is 6.21. The van der Waals surface area contributed by atoms with Crippen molar-refractivity contribution in [3.05, 3.63) is 58.7 Å². The number of amides is 2. The summed E-state index contributed by atoms with van der Waals surface area (Å²) in [5.74, 6) is 0.556. The zero-order chi connectivity index (χ0) is 26.7. The Morgan fingerprint density at radius 1 is 0.917 bits per heavy atom. The normalized spacial score (nSPS) is 15.8. The van der Waals surface area contributed by atoms with Crippen LogP contribution in [-0.2, 0) is 22.2 Å². The fourth-order valence-corrected chi connectivity index (χ4v) is 4.86. The molecule has 3 N–H and O–H groups in total. The number of methoxy groups -OCH3 is 1. The lowest BCUT2D eigenvalue weighted by Gasteiger charge is -2.37. The summed E-state index contributed by atoms with van der Waals surface area (Å²) in [5.41, 5.74) is 1.23. The van der Waals surface area contributed by atoms with Gasteiger partial charge in [0.15, 0.2) is 0 Å². The van der Waals surface area contributed by atoms with Crippen molar-refractivity contribution in [1.82, 2.24) is 10.6 Å². The summed E-state index contributed by atoms with van der Waals surface area (Å²) < 4.78 is 5.21. The molecular weight excluding hydrogens is 452 g/mol. The van der Waals surface area contributed by atoms with Crippen LogP contribution in [0.15, 0.2) is 36.4 Å². The number of carbonyl (C=O) groups is 2. The Labute approximate surface area is 215 Å². The monoisotopic (exact) mass is 494 g/mol. The molecule has 0 aliphatic heterocycles. The molecule has 0 spiro atoms. The second-order valence-corrected chi connectivity index (χ2v) is 12.0. The molecule has 0 saturated heterocycles. The highest BCUT2D eigenvalue weighted by Crippen LogP contribution is 2.40. The van der Waals surface area contributed by atoms with Gasteiger partial charge in [-0.3, -0.25) is 9.59 Å². The van der Waals surface area contributed by atoms with Crippen LogP contribution in [0.5, 0.6) is 11.5 Å². The van der Waals surface area contributed by atoms with Gasteiger partial charge < -0.3 is 20.5 Å². The van der Waals surface area contributed by atoms with Crippen LogP contribution in [-0.4, -0.2) is 29.6 Å². The first-order valence-electron chi connectivity index (χ1n) is 12.9. The number of hydrogen-bond acceptors (Lipinski definition) is 4. The van der Waals surface area contributed by atoms with Gasteiger partial charge in [0.05, 0.1) is 7.11 Å². The number of carbonyl (C=O) groups excluding carboxylic acids is 2. The van der Waals surface area contributed by atoms with E-state index in [2.05, 4.69) is 10.6 Å². The first kappa shape index (κ1) is 27.6. The molecule has 196 valence electrons. The van der Waals surface area contributed by atoms with Crippen molar-refractivity contribution in [3.8, 4) is 11.5 Å². The number of rotatable bonds is 6. The lowest BCUT2D eigenvalue weighted by Crippen LogP contribution is -2.59. The molecule has 1 saturated carbocycles.